The molecule has 0 saturated carbocycles. The van der Waals surface area contributed by atoms with Crippen molar-refractivity contribution in [3.63, 3.8) is 0 Å². The van der Waals surface area contributed by atoms with Crippen molar-refractivity contribution in [2.24, 2.45) is 10.7 Å². The number of carbonyl (C=O) groups is 1. The fourth-order valence-electron chi connectivity index (χ4n) is 1.57. The van der Waals surface area contributed by atoms with Gasteiger partial charge in [-0.1, -0.05) is 18.2 Å². The Bertz CT molecular complexity index is 626. The number of hydrogen-bond acceptors (Lipinski definition) is 4. The minimum absolute atomic E-state index is 0.139. The van der Waals surface area contributed by atoms with Crippen LogP contribution >= 0.6 is 0 Å². The van der Waals surface area contributed by atoms with Crippen LogP contribution in [0.5, 0.6) is 0 Å². The van der Waals surface area contributed by atoms with Gasteiger partial charge in [-0.05, 0) is 24.3 Å². The van der Waals surface area contributed by atoms with Crippen LogP contribution in [-0.4, -0.2) is 24.0 Å². The third-order valence-electron chi connectivity index (χ3n) is 2.46. The number of nitrogens with one attached hydrogen (secondary N) is 1. The largest absolute Gasteiger partial charge is 0.465 e. The molecular formula is C14H14N4O2. The molecule has 3 N–H and O–H groups in total. The first-order valence-corrected chi connectivity index (χ1v) is 5.90. The second-order valence-corrected chi connectivity index (χ2v) is 3.85. The fraction of sp³-hybridized carbons (Fsp3) is 0.0714. The van der Waals surface area contributed by atoms with Gasteiger partial charge in [0, 0.05) is 11.9 Å². The smallest absolute Gasteiger partial charge is 0.341 e. The number of esters is 1. The van der Waals surface area contributed by atoms with Crippen LogP contribution in [0.4, 0.5) is 11.5 Å². The number of carbonyl (C=O) groups excluding carboxylic acids is 1. The molecule has 102 valence electrons. The topological polar surface area (TPSA) is 89.6 Å². The van der Waals surface area contributed by atoms with E-state index in [1.54, 1.807) is 12.1 Å². The van der Waals surface area contributed by atoms with Crippen molar-refractivity contribution in [1.29, 1.82) is 0 Å². The van der Waals surface area contributed by atoms with E-state index in [-0.39, 0.29) is 17.3 Å². The van der Waals surface area contributed by atoms with Crippen LogP contribution in [0.1, 0.15) is 10.4 Å². The van der Waals surface area contributed by atoms with E-state index in [2.05, 4.69) is 20.0 Å². The Labute approximate surface area is 116 Å². The zero-order valence-electron chi connectivity index (χ0n) is 10.9. The lowest BCUT2D eigenvalue weighted by molar-refractivity contribution is 0.0601. The van der Waals surface area contributed by atoms with Gasteiger partial charge in [0.15, 0.2) is 11.8 Å². The molecule has 0 atom stereocenters. The number of nitrogens with zero attached hydrogens (tertiary/aromatic N) is 2. The summed E-state index contributed by atoms with van der Waals surface area (Å²) in [6.07, 6.45) is 1.53. The lowest BCUT2D eigenvalue weighted by atomic mass is 10.2. The Balaban J connectivity index is 2.24. The summed E-state index contributed by atoms with van der Waals surface area (Å²) in [5.74, 6) is -0.162. The number of guanidine groups is 1. The molecule has 0 fully saturated rings. The van der Waals surface area contributed by atoms with Crippen LogP contribution in [0, 0.1) is 0 Å². The lowest BCUT2D eigenvalue weighted by Gasteiger charge is -2.06. The quantitative estimate of drug-likeness (QED) is 0.505. The van der Waals surface area contributed by atoms with Crippen LogP contribution in [0.25, 0.3) is 0 Å². The molecule has 2 aromatic rings. The van der Waals surface area contributed by atoms with Crippen LogP contribution in [0.2, 0.25) is 0 Å². The normalized spacial score (nSPS) is 10.9. The molecule has 1 aromatic heterocycles. The van der Waals surface area contributed by atoms with E-state index in [9.17, 15) is 4.79 Å². The molecule has 0 spiro atoms. The van der Waals surface area contributed by atoms with Gasteiger partial charge in [-0.15, -0.1) is 0 Å². The van der Waals surface area contributed by atoms with Gasteiger partial charge < -0.3 is 15.8 Å². The van der Waals surface area contributed by atoms with E-state index in [0.29, 0.717) is 0 Å². The highest BCUT2D eigenvalue weighted by Crippen LogP contribution is 2.16. The molecule has 0 radical (unpaired) electrons. The van der Waals surface area contributed by atoms with Crippen molar-refractivity contribution in [2.75, 3.05) is 12.4 Å². The van der Waals surface area contributed by atoms with Crippen molar-refractivity contribution in [1.82, 2.24) is 4.98 Å². The molecule has 1 heterocycles. The number of para-hydroxylation sites is 1. The molecule has 0 amide bonds. The summed E-state index contributed by atoms with van der Waals surface area (Å²) in [6, 6.07) is 12.5. The number of rotatable bonds is 3. The van der Waals surface area contributed by atoms with E-state index in [1.807, 2.05) is 30.3 Å². The van der Waals surface area contributed by atoms with E-state index < -0.39 is 5.97 Å². The van der Waals surface area contributed by atoms with Gasteiger partial charge in [0.05, 0.1) is 7.11 Å². The Morgan fingerprint density at radius 1 is 1.25 bits per heavy atom. The molecular weight excluding hydrogens is 256 g/mol. The zero-order valence-corrected chi connectivity index (χ0v) is 10.9. The molecule has 0 bridgehead atoms. The number of benzene rings is 1. The van der Waals surface area contributed by atoms with Gasteiger partial charge in [0.25, 0.3) is 0 Å². The van der Waals surface area contributed by atoms with E-state index in [0.717, 1.165) is 5.69 Å². The number of pyridine rings is 1. The van der Waals surface area contributed by atoms with Gasteiger partial charge >= 0.3 is 5.97 Å². The second kappa shape index (κ2) is 6.33. The second-order valence-electron chi connectivity index (χ2n) is 3.85. The molecule has 2 rings (SSSR count). The number of aromatic nitrogens is 1. The van der Waals surface area contributed by atoms with Crippen molar-refractivity contribution < 1.29 is 9.53 Å². The standard InChI is InChI=1S/C14H14N4O2/c1-20-13(19)11-8-5-9-16-12(11)18-14(15)17-10-6-3-2-4-7-10/h2-9H,1H3,(H3,15,16,17,18). The predicted octanol–water partition coefficient (Wildman–Crippen LogP) is 1.93. The van der Waals surface area contributed by atoms with Gasteiger partial charge in [-0.2, -0.15) is 4.99 Å². The minimum atomic E-state index is -0.510. The Morgan fingerprint density at radius 3 is 2.70 bits per heavy atom. The van der Waals surface area contributed by atoms with Crippen molar-refractivity contribution >= 4 is 23.4 Å². The molecule has 0 aliphatic carbocycles. The minimum Gasteiger partial charge on any atom is -0.465 e. The Morgan fingerprint density at radius 2 is 2.00 bits per heavy atom. The summed E-state index contributed by atoms with van der Waals surface area (Å²) >= 11 is 0. The van der Waals surface area contributed by atoms with Gasteiger partial charge in [0.2, 0.25) is 0 Å². The summed E-state index contributed by atoms with van der Waals surface area (Å²) in [7, 11) is 1.30. The maximum absolute atomic E-state index is 11.6. The van der Waals surface area contributed by atoms with Crippen LogP contribution in [0.3, 0.4) is 0 Å². The third-order valence-corrected chi connectivity index (χ3v) is 2.46. The van der Waals surface area contributed by atoms with E-state index >= 15 is 0 Å². The highest BCUT2D eigenvalue weighted by atomic mass is 16.5. The average molecular weight is 270 g/mol. The van der Waals surface area contributed by atoms with Crippen LogP contribution in [0.15, 0.2) is 53.7 Å². The maximum Gasteiger partial charge on any atom is 0.341 e. The first-order valence-electron chi connectivity index (χ1n) is 5.90. The summed E-state index contributed by atoms with van der Waals surface area (Å²) in [5, 5.41) is 2.91. The number of nitrogens with two attached hydrogens (primary N) is 1. The van der Waals surface area contributed by atoms with E-state index in [4.69, 9.17) is 5.73 Å². The first-order chi connectivity index (χ1) is 9.70. The van der Waals surface area contributed by atoms with Crippen molar-refractivity contribution in [2.45, 2.75) is 0 Å². The Hall–Kier alpha value is -2.89. The summed E-state index contributed by atoms with van der Waals surface area (Å²) < 4.78 is 4.67. The molecule has 0 unspecified atom stereocenters. The number of ether oxygens (including phenoxy) is 1. The molecule has 0 aliphatic heterocycles. The van der Waals surface area contributed by atoms with Crippen molar-refractivity contribution in [3.8, 4) is 0 Å². The fourth-order valence-corrected chi connectivity index (χ4v) is 1.57. The summed E-state index contributed by atoms with van der Waals surface area (Å²) in [4.78, 5) is 19.7. The molecule has 0 saturated heterocycles. The molecule has 6 nitrogen and oxygen atoms in total. The number of methoxy groups -OCH3 is 1. The zero-order chi connectivity index (χ0) is 14.4. The monoisotopic (exact) mass is 270 g/mol. The lowest BCUT2D eigenvalue weighted by Crippen LogP contribution is -2.22. The molecule has 0 aliphatic rings. The molecule has 20 heavy (non-hydrogen) atoms. The van der Waals surface area contributed by atoms with Gasteiger partial charge in [-0.3, -0.25) is 0 Å². The third kappa shape index (κ3) is 3.32. The average Bonchev–Trinajstić information content (AvgIpc) is 2.48. The number of aliphatic imine (C=N–C) groups is 1. The SMILES string of the molecule is COC(=O)c1cccnc1N=C(N)Nc1ccccc1. The highest BCUT2D eigenvalue weighted by molar-refractivity contribution is 5.98. The highest BCUT2D eigenvalue weighted by Gasteiger charge is 2.12. The predicted molar refractivity (Wildman–Crippen MR) is 76.9 cm³/mol. The van der Waals surface area contributed by atoms with Crippen LogP contribution in [-0.2, 0) is 4.74 Å². The maximum atomic E-state index is 11.6. The van der Waals surface area contributed by atoms with Gasteiger partial charge in [0.1, 0.15) is 5.56 Å². The number of anilines is 1. The first kappa shape index (κ1) is 13.5. The van der Waals surface area contributed by atoms with Crippen molar-refractivity contribution in [3.05, 3.63) is 54.2 Å². The summed E-state index contributed by atoms with van der Waals surface area (Å²) in [5.41, 5.74) is 6.85. The van der Waals surface area contributed by atoms with Gasteiger partial charge in [-0.25, -0.2) is 9.78 Å². The molecule has 6 heteroatoms. The number of hydrogen-bond donors (Lipinski definition) is 2. The van der Waals surface area contributed by atoms with Crippen LogP contribution < -0.4 is 11.1 Å². The Kier molecular flexibility index (Phi) is 4.28. The molecule has 1 aromatic carbocycles. The summed E-state index contributed by atoms with van der Waals surface area (Å²) in [6.45, 7) is 0. The van der Waals surface area contributed by atoms with E-state index in [1.165, 1.54) is 13.3 Å².